The third-order valence-corrected chi connectivity index (χ3v) is 4.92. The summed E-state index contributed by atoms with van der Waals surface area (Å²) in [7, 11) is 0. The van der Waals surface area contributed by atoms with Crippen molar-refractivity contribution in [3.8, 4) is 11.3 Å². The van der Waals surface area contributed by atoms with Crippen molar-refractivity contribution in [1.29, 1.82) is 0 Å². The number of hydrogen-bond acceptors (Lipinski definition) is 2. The molecule has 0 spiro atoms. The van der Waals surface area contributed by atoms with E-state index in [2.05, 4.69) is 78.5 Å². The zero-order chi connectivity index (χ0) is 18.5. The van der Waals surface area contributed by atoms with Gasteiger partial charge in [-0.25, -0.2) is 0 Å². The normalized spacial score (nSPS) is 12.4. The summed E-state index contributed by atoms with van der Waals surface area (Å²) >= 11 is 0. The van der Waals surface area contributed by atoms with Crippen molar-refractivity contribution in [2.75, 3.05) is 13.1 Å². The Hall–Kier alpha value is -2.65. The number of aryl methyl sites for hydroxylation is 1. The standard InChI is InChI=1S/C23H27N3/c1-5-15-26(16-6-2)20(7-3)21-17(4)13-14-19-22(21)23(25-24-19)18-11-9-8-10-12-18/h5-6,8-14,20H,1-2,7,15-16H2,3-4H3,(H,24,25). The first-order valence-corrected chi connectivity index (χ1v) is 9.20. The molecule has 1 unspecified atom stereocenters. The lowest BCUT2D eigenvalue weighted by molar-refractivity contribution is 0.237. The SMILES string of the molecule is C=CCN(CC=C)C(CC)c1c(C)ccc2[nH]nc(-c3ccccc3)c12. The van der Waals surface area contributed by atoms with Crippen molar-refractivity contribution in [2.24, 2.45) is 0 Å². The zero-order valence-corrected chi connectivity index (χ0v) is 15.7. The predicted octanol–water partition coefficient (Wildman–Crippen LogP) is 5.66. The van der Waals surface area contributed by atoms with Crippen LogP contribution in [0.4, 0.5) is 0 Å². The molecule has 1 atom stereocenters. The zero-order valence-electron chi connectivity index (χ0n) is 15.7. The van der Waals surface area contributed by atoms with Crippen LogP contribution in [0.15, 0.2) is 67.8 Å². The highest BCUT2D eigenvalue weighted by Gasteiger charge is 2.24. The molecule has 0 aliphatic rings. The van der Waals surface area contributed by atoms with Gasteiger partial charge in [-0.05, 0) is 30.5 Å². The molecular formula is C23H27N3. The maximum Gasteiger partial charge on any atom is 0.100 e. The molecule has 3 rings (SSSR count). The smallest absolute Gasteiger partial charge is 0.100 e. The molecule has 0 saturated carbocycles. The molecule has 1 aromatic heterocycles. The van der Waals surface area contributed by atoms with E-state index < -0.39 is 0 Å². The van der Waals surface area contributed by atoms with Gasteiger partial charge in [0.05, 0.1) is 5.52 Å². The Balaban J connectivity index is 2.23. The Labute approximate surface area is 156 Å². The van der Waals surface area contributed by atoms with Gasteiger partial charge < -0.3 is 0 Å². The van der Waals surface area contributed by atoms with Crippen molar-refractivity contribution in [3.63, 3.8) is 0 Å². The Kier molecular flexibility index (Phi) is 5.69. The third-order valence-electron chi connectivity index (χ3n) is 4.92. The van der Waals surface area contributed by atoms with E-state index in [1.54, 1.807) is 0 Å². The van der Waals surface area contributed by atoms with Gasteiger partial charge in [0.1, 0.15) is 5.69 Å². The van der Waals surface area contributed by atoms with Gasteiger partial charge in [0, 0.05) is 30.1 Å². The minimum absolute atomic E-state index is 0.287. The van der Waals surface area contributed by atoms with Gasteiger partial charge in [-0.15, -0.1) is 13.2 Å². The van der Waals surface area contributed by atoms with E-state index in [1.165, 1.54) is 16.5 Å². The van der Waals surface area contributed by atoms with Crippen molar-refractivity contribution >= 4 is 10.9 Å². The molecule has 3 nitrogen and oxygen atoms in total. The van der Waals surface area contributed by atoms with Gasteiger partial charge >= 0.3 is 0 Å². The lowest BCUT2D eigenvalue weighted by Gasteiger charge is -2.31. The summed E-state index contributed by atoms with van der Waals surface area (Å²) < 4.78 is 0. The predicted molar refractivity (Wildman–Crippen MR) is 111 cm³/mol. The Bertz CT molecular complexity index is 882. The van der Waals surface area contributed by atoms with E-state index in [1.807, 2.05) is 18.2 Å². The number of rotatable bonds is 8. The van der Waals surface area contributed by atoms with Crippen LogP contribution < -0.4 is 0 Å². The minimum atomic E-state index is 0.287. The van der Waals surface area contributed by atoms with Crippen LogP contribution in [0.5, 0.6) is 0 Å². The fourth-order valence-electron chi connectivity index (χ4n) is 3.78. The average Bonchev–Trinajstić information content (AvgIpc) is 3.09. The van der Waals surface area contributed by atoms with Gasteiger partial charge in [0.25, 0.3) is 0 Å². The maximum atomic E-state index is 4.65. The van der Waals surface area contributed by atoms with Crippen LogP contribution in [-0.2, 0) is 0 Å². The van der Waals surface area contributed by atoms with Gasteiger partial charge in [0.2, 0.25) is 0 Å². The molecule has 0 bridgehead atoms. The van der Waals surface area contributed by atoms with Crippen molar-refractivity contribution < 1.29 is 0 Å². The highest BCUT2D eigenvalue weighted by atomic mass is 15.2. The topological polar surface area (TPSA) is 31.9 Å². The molecule has 2 aromatic carbocycles. The highest BCUT2D eigenvalue weighted by Crippen LogP contribution is 2.37. The molecule has 134 valence electrons. The molecule has 0 radical (unpaired) electrons. The summed E-state index contributed by atoms with van der Waals surface area (Å²) in [6.07, 6.45) is 4.95. The highest BCUT2D eigenvalue weighted by molar-refractivity contribution is 5.96. The number of fused-ring (bicyclic) bond motifs is 1. The second-order valence-electron chi connectivity index (χ2n) is 6.61. The Morgan fingerprint density at radius 2 is 1.77 bits per heavy atom. The van der Waals surface area contributed by atoms with Gasteiger partial charge in [-0.3, -0.25) is 10.00 Å². The molecule has 0 aliphatic heterocycles. The van der Waals surface area contributed by atoms with Crippen LogP contribution >= 0.6 is 0 Å². The number of nitrogens with one attached hydrogen (secondary N) is 1. The Morgan fingerprint density at radius 1 is 1.08 bits per heavy atom. The first kappa shape index (κ1) is 18.2. The summed E-state index contributed by atoms with van der Waals surface area (Å²) in [5, 5.41) is 9.10. The number of benzene rings is 2. The monoisotopic (exact) mass is 345 g/mol. The van der Waals surface area contributed by atoms with Crippen LogP contribution in [0.1, 0.15) is 30.5 Å². The third kappa shape index (κ3) is 3.35. The van der Waals surface area contributed by atoms with Gasteiger partial charge in [-0.2, -0.15) is 5.10 Å². The van der Waals surface area contributed by atoms with E-state index in [4.69, 9.17) is 0 Å². The van der Waals surface area contributed by atoms with E-state index in [0.29, 0.717) is 0 Å². The molecule has 1 N–H and O–H groups in total. The number of aromatic amines is 1. The molecule has 3 aromatic rings. The molecular weight excluding hydrogens is 318 g/mol. The molecule has 1 heterocycles. The molecule has 0 amide bonds. The van der Waals surface area contributed by atoms with E-state index >= 15 is 0 Å². The van der Waals surface area contributed by atoms with E-state index in [-0.39, 0.29) is 6.04 Å². The van der Waals surface area contributed by atoms with Crippen LogP contribution in [0.2, 0.25) is 0 Å². The number of hydrogen-bond donors (Lipinski definition) is 1. The lowest BCUT2D eigenvalue weighted by atomic mass is 9.91. The number of aromatic nitrogens is 2. The average molecular weight is 345 g/mol. The number of nitrogens with zero attached hydrogens (tertiary/aromatic N) is 2. The fraction of sp³-hybridized carbons (Fsp3) is 0.261. The molecule has 0 fully saturated rings. The van der Waals surface area contributed by atoms with Crippen LogP contribution in [-0.4, -0.2) is 28.2 Å². The quantitative estimate of drug-likeness (QED) is 0.534. The molecule has 3 heteroatoms. The van der Waals surface area contributed by atoms with Crippen molar-refractivity contribution in [1.82, 2.24) is 15.1 Å². The largest absolute Gasteiger partial charge is 0.289 e. The summed E-state index contributed by atoms with van der Waals surface area (Å²) in [6, 6.07) is 15.0. The van der Waals surface area contributed by atoms with Crippen molar-refractivity contribution in [2.45, 2.75) is 26.3 Å². The van der Waals surface area contributed by atoms with E-state index in [0.717, 1.165) is 36.3 Å². The van der Waals surface area contributed by atoms with E-state index in [9.17, 15) is 0 Å². The summed E-state index contributed by atoms with van der Waals surface area (Å²) in [5.41, 5.74) is 5.89. The summed E-state index contributed by atoms with van der Waals surface area (Å²) in [6.45, 7) is 14.0. The Morgan fingerprint density at radius 3 is 2.38 bits per heavy atom. The van der Waals surface area contributed by atoms with Gasteiger partial charge in [0.15, 0.2) is 0 Å². The first-order chi connectivity index (χ1) is 12.7. The van der Waals surface area contributed by atoms with Crippen LogP contribution in [0.3, 0.4) is 0 Å². The second-order valence-corrected chi connectivity index (χ2v) is 6.61. The summed E-state index contributed by atoms with van der Waals surface area (Å²) in [4.78, 5) is 2.42. The van der Waals surface area contributed by atoms with Gasteiger partial charge in [-0.1, -0.05) is 55.5 Å². The first-order valence-electron chi connectivity index (χ1n) is 9.20. The summed E-state index contributed by atoms with van der Waals surface area (Å²) in [5.74, 6) is 0. The van der Waals surface area contributed by atoms with Crippen LogP contribution in [0.25, 0.3) is 22.2 Å². The molecule has 0 saturated heterocycles. The second kappa shape index (κ2) is 8.15. The van der Waals surface area contributed by atoms with Crippen LogP contribution in [0, 0.1) is 6.92 Å². The lowest BCUT2D eigenvalue weighted by Crippen LogP contribution is -2.29. The maximum absolute atomic E-state index is 4.65. The number of H-pyrrole nitrogens is 1. The van der Waals surface area contributed by atoms with Crippen molar-refractivity contribution in [3.05, 3.63) is 78.9 Å². The molecule has 26 heavy (non-hydrogen) atoms. The molecule has 0 aliphatic carbocycles. The fourth-order valence-corrected chi connectivity index (χ4v) is 3.78. The minimum Gasteiger partial charge on any atom is -0.289 e.